The van der Waals surface area contributed by atoms with Crippen LogP contribution in [-0.4, -0.2) is 11.4 Å². The second-order valence-corrected chi connectivity index (χ2v) is 7.03. The lowest BCUT2D eigenvalue weighted by Gasteiger charge is -2.21. The summed E-state index contributed by atoms with van der Waals surface area (Å²) < 4.78 is 0.240. The fourth-order valence-corrected chi connectivity index (χ4v) is 2.34. The van der Waals surface area contributed by atoms with E-state index < -0.39 is 0 Å². The SMILES string of the molecule is CC(C)(C)NC(=O)[C@H]1[C@@H](C=C(Cl)Cl)C1(C)C. The molecule has 92 valence electrons. The first kappa shape index (κ1) is 13.9. The lowest BCUT2D eigenvalue weighted by molar-refractivity contribution is -0.124. The normalized spacial score (nSPS) is 27.2. The predicted octanol–water partition coefficient (Wildman–Crippen LogP) is 3.49. The zero-order valence-electron chi connectivity index (χ0n) is 10.4. The number of carbonyl (C=O) groups is 1. The third-order valence-corrected chi connectivity index (χ3v) is 3.25. The third-order valence-electron chi connectivity index (χ3n) is 3.00. The van der Waals surface area contributed by atoms with Gasteiger partial charge >= 0.3 is 0 Å². The van der Waals surface area contributed by atoms with Gasteiger partial charge in [0.15, 0.2) is 0 Å². The van der Waals surface area contributed by atoms with Crippen LogP contribution in [0.2, 0.25) is 0 Å². The van der Waals surface area contributed by atoms with Crippen LogP contribution in [0.15, 0.2) is 10.6 Å². The van der Waals surface area contributed by atoms with Gasteiger partial charge in [0.05, 0.1) is 5.92 Å². The van der Waals surface area contributed by atoms with Crippen LogP contribution in [0.5, 0.6) is 0 Å². The maximum absolute atomic E-state index is 12.0. The summed E-state index contributed by atoms with van der Waals surface area (Å²) in [6, 6.07) is 0. The topological polar surface area (TPSA) is 29.1 Å². The molecule has 0 aromatic rings. The fraction of sp³-hybridized carbons (Fsp3) is 0.750. The molecule has 0 heterocycles. The van der Waals surface area contributed by atoms with E-state index in [1.165, 1.54) is 0 Å². The van der Waals surface area contributed by atoms with Gasteiger partial charge in [0.1, 0.15) is 4.49 Å². The van der Waals surface area contributed by atoms with E-state index in [1.54, 1.807) is 6.08 Å². The largest absolute Gasteiger partial charge is 0.351 e. The van der Waals surface area contributed by atoms with Gasteiger partial charge in [0, 0.05) is 5.54 Å². The molecule has 1 aliphatic carbocycles. The molecule has 1 fully saturated rings. The lowest BCUT2D eigenvalue weighted by atomic mass is 10.1. The van der Waals surface area contributed by atoms with Crippen molar-refractivity contribution in [2.45, 2.75) is 40.2 Å². The van der Waals surface area contributed by atoms with Crippen LogP contribution < -0.4 is 5.32 Å². The fourth-order valence-electron chi connectivity index (χ4n) is 2.07. The van der Waals surface area contributed by atoms with E-state index >= 15 is 0 Å². The number of hydrogen-bond donors (Lipinski definition) is 1. The molecule has 1 saturated carbocycles. The first-order chi connectivity index (χ1) is 7.05. The van der Waals surface area contributed by atoms with Crippen LogP contribution in [0.1, 0.15) is 34.6 Å². The minimum Gasteiger partial charge on any atom is -0.351 e. The number of amides is 1. The molecular formula is C12H19Cl2NO. The van der Waals surface area contributed by atoms with Crippen LogP contribution in [0.4, 0.5) is 0 Å². The van der Waals surface area contributed by atoms with Crippen molar-refractivity contribution < 1.29 is 4.79 Å². The smallest absolute Gasteiger partial charge is 0.224 e. The summed E-state index contributed by atoms with van der Waals surface area (Å²) in [7, 11) is 0. The zero-order valence-corrected chi connectivity index (χ0v) is 11.9. The lowest BCUT2D eigenvalue weighted by Crippen LogP contribution is -2.42. The molecule has 0 aliphatic heterocycles. The number of nitrogens with one attached hydrogen (secondary N) is 1. The molecule has 16 heavy (non-hydrogen) atoms. The summed E-state index contributed by atoms with van der Waals surface area (Å²) in [6.45, 7) is 10.0. The predicted molar refractivity (Wildman–Crippen MR) is 68.4 cm³/mol. The van der Waals surface area contributed by atoms with Crippen molar-refractivity contribution in [1.82, 2.24) is 5.32 Å². The van der Waals surface area contributed by atoms with Gasteiger partial charge in [-0.2, -0.15) is 0 Å². The second kappa shape index (κ2) is 4.23. The summed E-state index contributed by atoms with van der Waals surface area (Å²) in [5, 5.41) is 2.99. The van der Waals surface area contributed by atoms with Crippen molar-refractivity contribution in [3.05, 3.63) is 10.6 Å². The number of rotatable bonds is 2. The number of allylic oxidation sites excluding steroid dienone is 1. The van der Waals surface area contributed by atoms with Gasteiger partial charge in [-0.25, -0.2) is 0 Å². The number of carbonyl (C=O) groups excluding carboxylic acids is 1. The average Bonchev–Trinajstić information content (AvgIpc) is 2.47. The Balaban J connectivity index is 2.70. The maximum atomic E-state index is 12.0. The monoisotopic (exact) mass is 263 g/mol. The first-order valence-electron chi connectivity index (χ1n) is 5.40. The highest BCUT2D eigenvalue weighted by Crippen LogP contribution is 2.59. The molecule has 0 aromatic heterocycles. The zero-order chi connectivity index (χ0) is 12.7. The van der Waals surface area contributed by atoms with Crippen LogP contribution >= 0.6 is 23.2 Å². The minimum atomic E-state index is -0.200. The molecule has 0 bridgehead atoms. The van der Waals surface area contributed by atoms with E-state index in [0.29, 0.717) is 0 Å². The molecule has 1 rings (SSSR count). The van der Waals surface area contributed by atoms with E-state index in [0.717, 1.165) is 0 Å². The molecule has 1 N–H and O–H groups in total. The van der Waals surface area contributed by atoms with E-state index in [4.69, 9.17) is 23.2 Å². The Morgan fingerprint density at radius 1 is 1.31 bits per heavy atom. The van der Waals surface area contributed by atoms with Crippen molar-refractivity contribution in [3.8, 4) is 0 Å². The summed E-state index contributed by atoms with van der Waals surface area (Å²) in [5.74, 6) is 0.187. The van der Waals surface area contributed by atoms with Crippen molar-refractivity contribution in [2.24, 2.45) is 17.3 Å². The molecule has 4 heteroatoms. The molecular weight excluding hydrogens is 245 g/mol. The van der Waals surface area contributed by atoms with Crippen molar-refractivity contribution >= 4 is 29.1 Å². The molecule has 1 amide bonds. The number of hydrogen-bond acceptors (Lipinski definition) is 1. The quantitative estimate of drug-likeness (QED) is 0.812. The Kier molecular flexibility index (Phi) is 3.66. The van der Waals surface area contributed by atoms with Gasteiger partial charge < -0.3 is 5.32 Å². The standard InChI is InChI=1S/C12H19Cl2NO/c1-11(2,3)15-10(16)9-7(6-8(13)14)12(9,4)5/h6-7,9H,1-5H3,(H,15,16)/t7-,9-/m1/s1. The molecule has 0 spiro atoms. The van der Waals surface area contributed by atoms with Crippen molar-refractivity contribution in [3.63, 3.8) is 0 Å². The summed E-state index contributed by atoms with van der Waals surface area (Å²) in [4.78, 5) is 12.0. The van der Waals surface area contributed by atoms with Gasteiger partial charge in [-0.3, -0.25) is 4.79 Å². The highest BCUT2D eigenvalue weighted by molar-refractivity contribution is 6.55. The van der Waals surface area contributed by atoms with Gasteiger partial charge in [-0.1, -0.05) is 37.0 Å². The molecule has 1 aliphatic rings. The second-order valence-electron chi connectivity index (χ2n) is 6.02. The molecule has 2 nitrogen and oxygen atoms in total. The van der Waals surface area contributed by atoms with Crippen LogP contribution in [0.25, 0.3) is 0 Å². The van der Waals surface area contributed by atoms with E-state index in [-0.39, 0.29) is 33.2 Å². The molecule has 0 unspecified atom stereocenters. The van der Waals surface area contributed by atoms with Gasteiger partial charge in [0.25, 0.3) is 0 Å². The third kappa shape index (κ3) is 3.14. The Morgan fingerprint density at radius 2 is 1.81 bits per heavy atom. The van der Waals surface area contributed by atoms with Crippen LogP contribution in [0, 0.1) is 17.3 Å². The van der Waals surface area contributed by atoms with Gasteiger partial charge in [-0.15, -0.1) is 0 Å². The summed E-state index contributed by atoms with van der Waals surface area (Å²) in [6.07, 6.45) is 1.76. The summed E-state index contributed by atoms with van der Waals surface area (Å²) in [5.41, 5.74) is -0.251. The Hall–Kier alpha value is -0.210. The molecule has 0 aromatic carbocycles. The van der Waals surface area contributed by atoms with E-state index in [9.17, 15) is 4.79 Å². The van der Waals surface area contributed by atoms with Crippen molar-refractivity contribution in [1.29, 1.82) is 0 Å². The molecule has 2 atom stereocenters. The highest BCUT2D eigenvalue weighted by atomic mass is 35.5. The minimum absolute atomic E-state index is 0.0285. The van der Waals surface area contributed by atoms with E-state index in [1.807, 2.05) is 20.8 Å². The first-order valence-corrected chi connectivity index (χ1v) is 6.16. The summed E-state index contributed by atoms with van der Waals surface area (Å²) >= 11 is 11.3. The highest BCUT2D eigenvalue weighted by Gasteiger charge is 2.60. The molecule has 0 saturated heterocycles. The number of halogens is 2. The van der Waals surface area contributed by atoms with Crippen molar-refractivity contribution in [2.75, 3.05) is 0 Å². The van der Waals surface area contributed by atoms with E-state index in [2.05, 4.69) is 19.2 Å². The average molecular weight is 264 g/mol. The van der Waals surface area contributed by atoms with Gasteiger partial charge in [0.2, 0.25) is 5.91 Å². The van der Waals surface area contributed by atoms with Crippen LogP contribution in [0.3, 0.4) is 0 Å². The maximum Gasteiger partial charge on any atom is 0.224 e. The Bertz CT molecular complexity index is 324. The van der Waals surface area contributed by atoms with Gasteiger partial charge in [-0.05, 0) is 38.2 Å². The Labute approximate surface area is 107 Å². The Morgan fingerprint density at radius 3 is 2.19 bits per heavy atom. The molecule has 0 radical (unpaired) electrons. The van der Waals surface area contributed by atoms with Crippen LogP contribution in [-0.2, 0) is 4.79 Å².